The molecule has 0 aromatic heterocycles. The van der Waals surface area contributed by atoms with Crippen LogP contribution in [0.15, 0.2) is 59.6 Å². The molecule has 0 saturated carbocycles. The van der Waals surface area contributed by atoms with Gasteiger partial charge in [-0.3, -0.25) is 0 Å². The molecule has 0 aliphatic heterocycles. The highest BCUT2D eigenvalue weighted by molar-refractivity contribution is 14.0. The first-order valence-corrected chi connectivity index (χ1v) is 10.1. The summed E-state index contributed by atoms with van der Waals surface area (Å²) in [5.74, 6) is 1.52. The summed E-state index contributed by atoms with van der Waals surface area (Å²) in [5.41, 5.74) is 0.947. The van der Waals surface area contributed by atoms with Gasteiger partial charge in [-0.15, -0.1) is 24.0 Å². The summed E-state index contributed by atoms with van der Waals surface area (Å²) in [6, 6.07) is 17.6. The fourth-order valence-corrected chi connectivity index (χ4v) is 2.75. The Morgan fingerprint density at radius 1 is 1.10 bits per heavy atom. The SMILES string of the molecule is CCNC(=NCc1cccc(OCCN(C)C)c1)NCC(C)(O)c1ccccc1.I. The summed E-state index contributed by atoms with van der Waals surface area (Å²) in [5, 5.41) is 17.3. The second-order valence-corrected chi connectivity index (χ2v) is 7.49. The van der Waals surface area contributed by atoms with E-state index in [0.29, 0.717) is 25.7 Å². The minimum atomic E-state index is -0.988. The minimum Gasteiger partial charge on any atom is -0.492 e. The summed E-state index contributed by atoms with van der Waals surface area (Å²) < 4.78 is 5.80. The molecule has 30 heavy (non-hydrogen) atoms. The molecule has 2 rings (SSSR count). The van der Waals surface area contributed by atoms with Crippen molar-refractivity contribution in [3.05, 3.63) is 65.7 Å². The van der Waals surface area contributed by atoms with E-state index in [2.05, 4.69) is 20.5 Å². The number of nitrogens with one attached hydrogen (secondary N) is 2. The van der Waals surface area contributed by atoms with E-state index in [-0.39, 0.29) is 24.0 Å². The number of aliphatic hydroxyl groups is 1. The number of aliphatic imine (C=N–C) groups is 1. The van der Waals surface area contributed by atoms with E-state index in [4.69, 9.17) is 4.74 Å². The van der Waals surface area contributed by atoms with Crippen LogP contribution in [-0.4, -0.2) is 56.3 Å². The molecule has 166 valence electrons. The van der Waals surface area contributed by atoms with Crippen LogP contribution in [0.5, 0.6) is 5.75 Å². The number of likely N-dealkylation sites (N-methyl/N-ethyl adjacent to an activating group) is 1. The molecule has 0 aliphatic carbocycles. The topological polar surface area (TPSA) is 69.1 Å². The van der Waals surface area contributed by atoms with E-state index in [9.17, 15) is 5.11 Å². The average molecular weight is 526 g/mol. The number of guanidine groups is 1. The highest BCUT2D eigenvalue weighted by atomic mass is 127. The Bertz CT molecular complexity index is 767. The smallest absolute Gasteiger partial charge is 0.191 e. The third-order valence-corrected chi connectivity index (χ3v) is 4.47. The number of ether oxygens (including phenoxy) is 1. The first-order valence-electron chi connectivity index (χ1n) is 10.1. The zero-order chi connectivity index (χ0) is 21.1. The van der Waals surface area contributed by atoms with Gasteiger partial charge >= 0.3 is 0 Å². The van der Waals surface area contributed by atoms with Gasteiger partial charge in [0.25, 0.3) is 0 Å². The van der Waals surface area contributed by atoms with E-state index in [1.165, 1.54) is 0 Å². The molecule has 0 bridgehead atoms. The van der Waals surface area contributed by atoms with Gasteiger partial charge in [-0.25, -0.2) is 4.99 Å². The van der Waals surface area contributed by atoms with Gasteiger partial charge in [0, 0.05) is 13.1 Å². The molecule has 2 aromatic rings. The Balaban J connectivity index is 0.00000450. The van der Waals surface area contributed by atoms with Crippen LogP contribution in [-0.2, 0) is 12.1 Å². The van der Waals surface area contributed by atoms with Crippen LogP contribution in [0.1, 0.15) is 25.0 Å². The van der Waals surface area contributed by atoms with Crippen molar-refractivity contribution in [3.8, 4) is 5.75 Å². The zero-order valence-electron chi connectivity index (χ0n) is 18.4. The van der Waals surface area contributed by atoms with Gasteiger partial charge in [0.1, 0.15) is 18.0 Å². The fourth-order valence-electron chi connectivity index (χ4n) is 2.75. The van der Waals surface area contributed by atoms with Crippen LogP contribution in [0.2, 0.25) is 0 Å². The molecule has 0 saturated heterocycles. The van der Waals surface area contributed by atoms with E-state index in [1.807, 2.05) is 75.6 Å². The Morgan fingerprint density at radius 3 is 2.50 bits per heavy atom. The highest BCUT2D eigenvalue weighted by Gasteiger charge is 2.22. The summed E-state index contributed by atoms with van der Waals surface area (Å²) in [6.07, 6.45) is 0. The van der Waals surface area contributed by atoms with Crippen LogP contribution in [0.4, 0.5) is 0 Å². The number of rotatable bonds is 10. The minimum absolute atomic E-state index is 0. The number of nitrogens with zero attached hydrogens (tertiary/aromatic N) is 2. The Labute approximate surface area is 197 Å². The number of hydrogen-bond donors (Lipinski definition) is 3. The van der Waals surface area contributed by atoms with Gasteiger partial charge in [-0.2, -0.15) is 0 Å². The lowest BCUT2D eigenvalue weighted by Gasteiger charge is -2.25. The van der Waals surface area contributed by atoms with Crippen molar-refractivity contribution in [3.63, 3.8) is 0 Å². The summed E-state index contributed by atoms with van der Waals surface area (Å²) in [6.45, 7) is 6.97. The van der Waals surface area contributed by atoms with E-state index < -0.39 is 5.60 Å². The zero-order valence-corrected chi connectivity index (χ0v) is 20.7. The normalized spacial score (nSPS) is 13.3. The van der Waals surface area contributed by atoms with Gasteiger partial charge in [-0.05, 0) is 51.2 Å². The van der Waals surface area contributed by atoms with E-state index in [0.717, 1.165) is 30.0 Å². The van der Waals surface area contributed by atoms with Crippen LogP contribution in [0.3, 0.4) is 0 Å². The standard InChI is InChI=1S/C23H34N4O2.HI/c1-5-24-22(26-18-23(2,28)20-11-7-6-8-12-20)25-17-19-10-9-13-21(16-19)29-15-14-27(3)4;/h6-13,16,28H,5,14-15,17-18H2,1-4H3,(H2,24,25,26);1H. The van der Waals surface area contributed by atoms with Gasteiger partial charge in [-0.1, -0.05) is 42.5 Å². The molecular weight excluding hydrogens is 491 g/mol. The van der Waals surface area contributed by atoms with Crippen molar-refractivity contribution in [1.82, 2.24) is 15.5 Å². The Hall–Kier alpha value is -1.84. The molecule has 0 spiro atoms. The maximum atomic E-state index is 10.8. The van der Waals surface area contributed by atoms with Crippen molar-refractivity contribution < 1.29 is 9.84 Å². The Morgan fingerprint density at radius 2 is 1.83 bits per heavy atom. The first-order chi connectivity index (χ1) is 13.9. The molecule has 1 atom stereocenters. The first kappa shape index (κ1) is 26.2. The molecule has 0 aliphatic rings. The number of benzene rings is 2. The van der Waals surface area contributed by atoms with Crippen molar-refractivity contribution in [2.75, 3.05) is 40.3 Å². The molecule has 2 aromatic carbocycles. The highest BCUT2D eigenvalue weighted by Crippen LogP contribution is 2.19. The van der Waals surface area contributed by atoms with Gasteiger partial charge < -0.3 is 25.4 Å². The largest absolute Gasteiger partial charge is 0.492 e. The van der Waals surface area contributed by atoms with Crippen LogP contribution < -0.4 is 15.4 Å². The molecule has 0 fully saturated rings. The van der Waals surface area contributed by atoms with Gasteiger partial charge in [0.15, 0.2) is 5.96 Å². The third kappa shape index (κ3) is 9.32. The van der Waals surface area contributed by atoms with Gasteiger partial charge in [0.05, 0.1) is 13.1 Å². The van der Waals surface area contributed by atoms with Crippen LogP contribution in [0.25, 0.3) is 0 Å². The van der Waals surface area contributed by atoms with Gasteiger partial charge in [0.2, 0.25) is 0 Å². The monoisotopic (exact) mass is 526 g/mol. The maximum absolute atomic E-state index is 10.8. The number of hydrogen-bond acceptors (Lipinski definition) is 4. The molecule has 3 N–H and O–H groups in total. The molecule has 0 heterocycles. The average Bonchev–Trinajstić information content (AvgIpc) is 2.71. The molecule has 1 unspecified atom stereocenters. The maximum Gasteiger partial charge on any atom is 0.191 e. The molecule has 0 amide bonds. The lowest BCUT2D eigenvalue weighted by Crippen LogP contribution is -2.44. The van der Waals surface area contributed by atoms with Crippen LogP contribution >= 0.6 is 24.0 Å². The summed E-state index contributed by atoms with van der Waals surface area (Å²) in [4.78, 5) is 6.74. The summed E-state index contributed by atoms with van der Waals surface area (Å²) in [7, 11) is 4.05. The molecular formula is C23H35IN4O2. The molecule has 6 nitrogen and oxygen atoms in total. The van der Waals surface area contributed by atoms with Crippen molar-refractivity contribution in [1.29, 1.82) is 0 Å². The van der Waals surface area contributed by atoms with Crippen molar-refractivity contribution in [2.45, 2.75) is 26.0 Å². The quantitative estimate of drug-likeness (QED) is 0.252. The molecule has 0 radical (unpaired) electrons. The lowest BCUT2D eigenvalue weighted by atomic mass is 9.96. The second kappa shape index (κ2) is 13.5. The Kier molecular flexibility index (Phi) is 11.8. The van der Waals surface area contributed by atoms with Crippen LogP contribution in [0, 0.1) is 0 Å². The van der Waals surface area contributed by atoms with E-state index >= 15 is 0 Å². The van der Waals surface area contributed by atoms with Crippen molar-refractivity contribution >= 4 is 29.9 Å². The second-order valence-electron chi connectivity index (χ2n) is 7.49. The predicted octanol–water partition coefficient (Wildman–Crippen LogP) is 3.21. The van der Waals surface area contributed by atoms with Crippen molar-refractivity contribution in [2.24, 2.45) is 4.99 Å². The summed E-state index contributed by atoms with van der Waals surface area (Å²) >= 11 is 0. The third-order valence-electron chi connectivity index (χ3n) is 4.47. The number of halogens is 1. The van der Waals surface area contributed by atoms with E-state index in [1.54, 1.807) is 6.92 Å². The lowest BCUT2D eigenvalue weighted by molar-refractivity contribution is 0.0617. The predicted molar refractivity (Wildman–Crippen MR) is 135 cm³/mol. The fraction of sp³-hybridized carbons (Fsp3) is 0.435. The molecule has 7 heteroatoms.